The first-order valence-electron chi connectivity index (χ1n) is 6.75. The first kappa shape index (κ1) is 15.0. The topological polar surface area (TPSA) is 46.6 Å². The molecule has 0 spiro atoms. The van der Waals surface area contributed by atoms with Crippen molar-refractivity contribution in [3.63, 3.8) is 0 Å². The summed E-state index contributed by atoms with van der Waals surface area (Å²) in [6.07, 6.45) is 3.29. The van der Waals surface area contributed by atoms with Crippen LogP contribution in [0.1, 0.15) is 47.0 Å². The SMILES string of the molecule is CC1CN(C(=O)OC(C)(C)C)CCC1CCC=O. The zero-order valence-corrected chi connectivity index (χ0v) is 11.9. The van der Waals surface area contributed by atoms with Gasteiger partial charge in [0.2, 0.25) is 0 Å². The molecule has 2 unspecified atom stereocenters. The fraction of sp³-hybridized carbons (Fsp3) is 0.857. The van der Waals surface area contributed by atoms with E-state index < -0.39 is 5.60 Å². The monoisotopic (exact) mass is 255 g/mol. The van der Waals surface area contributed by atoms with Gasteiger partial charge in [0, 0.05) is 19.5 Å². The molecule has 18 heavy (non-hydrogen) atoms. The highest BCUT2D eigenvalue weighted by Gasteiger charge is 2.30. The van der Waals surface area contributed by atoms with E-state index in [4.69, 9.17) is 4.74 Å². The molecule has 0 saturated carbocycles. The van der Waals surface area contributed by atoms with Crippen LogP contribution in [0.5, 0.6) is 0 Å². The van der Waals surface area contributed by atoms with Gasteiger partial charge >= 0.3 is 6.09 Å². The van der Waals surface area contributed by atoms with E-state index in [-0.39, 0.29) is 6.09 Å². The molecule has 1 saturated heterocycles. The molecule has 0 bridgehead atoms. The van der Waals surface area contributed by atoms with Crippen molar-refractivity contribution >= 4 is 12.4 Å². The summed E-state index contributed by atoms with van der Waals surface area (Å²) < 4.78 is 5.37. The summed E-state index contributed by atoms with van der Waals surface area (Å²) in [5, 5.41) is 0. The number of aldehydes is 1. The number of amides is 1. The third-order valence-electron chi connectivity index (χ3n) is 3.39. The number of nitrogens with zero attached hydrogens (tertiary/aromatic N) is 1. The van der Waals surface area contributed by atoms with Crippen molar-refractivity contribution in [3.05, 3.63) is 0 Å². The predicted octanol–water partition coefficient (Wildman–Crippen LogP) is 2.86. The molecule has 1 aliphatic heterocycles. The normalized spacial score (nSPS) is 24.8. The van der Waals surface area contributed by atoms with Gasteiger partial charge in [0.15, 0.2) is 0 Å². The second kappa shape index (κ2) is 6.21. The number of carbonyl (C=O) groups is 2. The third kappa shape index (κ3) is 4.67. The maximum atomic E-state index is 11.9. The molecule has 1 amide bonds. The van der Waals surface area contributed by atoms with E-state index in [0.717, 1.165) is 32.2 Å². The third-order valence-corrected chi connectivity index (χ3v) is 3.39. The molecule has 104 valence electrons. The van der Waals surface area contributed by atoms with Crippen molar-refractivity contribution in [2.75, 3.05) is 13.1 Å². The number of likely N-dealkylation sites (tertiary alicyclic amines) is 1. The number of hydrogen-bond donors (Lipinski definition) is 0. The van der Waals surface area contributed by atoms with Crippen molar-refractivity contribution in [2.45, 2.75) is 52.6 Å². The molecular weight excluding hydrogens is 230 g/mol. The van der Waals surface area contributed by atoms with Crippen molar-refractivity contribution in [1.29, 1.82) is 0 Å². The number of ether oxygens (including phenoxy) is 1. The molecular formula is C14H25NO3. The quantitative estimate of drug-likeness (QED) is 0.728. The average Bonchev–Trinajstić information content (AvgIpc) is 2.25. The Morgan fingerprint density at radius 3 is 2.61 bits per heavy atom. The van der Waals surface area contributed by atoms with Gasteiger partial charge in [-0.2, -0.15) is 0 Å². The minimum Gasteiger partial charge on any atom is -0.444 e. The number of carbonyl (C=O) groups excluding carboxylic acids is 2. The van der Waals surface area contributed by atoms with E-state index in [1.165, 1.54) is 0 Å². The van der Waals surface area contributed by atoms with Crippen LogP contribution in [0.15, 0.2) is 0 Å². The lowest BCUT2D eigenvalue weighted by Gasteiger charge is -2.37. The van der Waals surface area contributed by atoms with E-state index in [9.17, 15) is 9.59 Å². The molecule has 1 rings (SSSR count). The molecule has 0 aromatic carbocycles. The van der Waals surface area contributed by atoms with Crippen molar-refractivity contribution in [3.8, 4) is 0 Å². The summed E-state index contributed by atoms with van der Waals surface area (Å²) in [4.78, 5) is 24.1. The lowest BCUT2D eigenvalue weighted by atomic mass is 9.84. The standard InChI is InChI=1S/C14H25NO3/c1-11-10-15(13(17)18-14(2,3)4)8-7-12(11)6-5-9-16/h9,11-12H,5-8,10H2,1-4H3. The van der Waals surface area contributed by atoms with Gasteiger partial charge in [-0.1, -0.05) is 6.92 Å². The lowest BCUT2D eigenvalue weighted by Crippen LogP contribution is -2.45. The molecule has 4 heteroatoms. The lowest BCUT2D eigenvalue weighted by molar-refractivity contribution is -0.108. The molecule has 0 aromatic rings. The molecule has 4 nitrogen and oxygen atoms in total. The van der Waals surface area contributed by atoms with Crippen LogP contribution < -0.4 is 0 Å². The molecule has 1 heterocycles. The summed E-state index contributed by atoms with van der Waals surface area (Å²) >= 11 is 0. The van der Waals surface area contributed by atoms with Crippen LogP contribution in [-0.4, -0.2) is 36.0 Å². The van der Waals surface area contributed by atoms with Crippen LogP contribution in [0.2, 0.25) is 0 Å². The summed E-state index contributed by atoms with van der Waals surface area (Å²) in [6, 6.07) is 0. The highest BCUT2D eigenvalue weighted by atomic mass is 16.6. The molecule has 1 fully saturated rings. The average molecular weight is 255 g/mol. The van der Waals surface area contributed by atoms with Gasteiger partial charge in [-0.25, -0.2) is 4.79 Å². The summed E-state index contributed by atoms with van der Waals surface area (Å²) in [5.41, 5.74) is -0.436. The Hall–Kier alpha value is -1.06. The van der Waals surface area contributed by atoms with Gasteiger partial charge in [-0.3, -0.25) is 0 Å². The zero-order chi connectivity index (χ0) is 13.8. The Morgan fingerprint density at radius 2 is 2.11 bits per heavy atom. The summed E-state index contributed by atoms with van der Waals surface area (Å²) in [7, 11) is 0. The largest absolute Gasteiger partial charge is 0.444 e. The first-order chi connectivity index (χ1) is 8.33. The van der Waals surface area contributed by atoms with Gasteiger partial charge < -0.3 is 14.4 Å². The first-order valence-corrected chi connectivity index (χ1v) is 6.75. The Balaban J connectivity index is 2.45. The molecule has 2 atom stereocenters. The van der Waals surface area contributed by atoms with E-state index in [2.05, 4.69) is 6.92 Å². The Morgan fingerprint density at radius 1 is 1.44 bits per heavy atom. The summed E-state index contributed by atoms with van der Waals surface area (Å²) in [5.74, 6) is 0.986. The maximum absolute atomic E-state index is 11.9. The fourth-order valence-corrected chi connectivity index (χ4v) is 2.40. The number of piperidine rings is 1. The van der Waals surface area contributed by atoms with Gasteiger partial charge in [-0.15, -0.1) is 0 Å². The van der Waals surface area contributed by atoms with Crippen LogP contribution in [0.3, 0.4) is 0 Å². The molecule has 0 aromatic heterocycles. The van der Waals surface area contributed by atoms with Gasteiger partial charge in [0.25, 0.3) is 0 Å². The van der Waals surface area contributed by atoms with Crippen LogP contribution in [0, 0.1) is 11.8 Å². The Labute approximate surface area is 110 Å². The van der Waals surface area contributed by atoms with Crippen LogP contribution in [0.25, 0.3) is 0 Å². The van der Waals surface area contributed by atoms with Crippen LogP contribution in [-0.2, 0) is 9.53 Å². The summed E-state index contributed by atoms with van der Waals surface area (Å²) in [6.45, 7) is 9.26. The second-order valence-corrected chi connectivity index (χ2v) is 6.20. The zero-order valence-electron chi connectivity index (χ0n) is 11.9. The van der Waals surface area contributed by atoms with Gasteiger partial charge in [-0.05, 0) is 45.4 Å². The second-order valence-electron chi connectivity index (χ2n) is 6.20. The Kier molecular flexibility index (Phi) is 5.17. The van der Waals surface area contributed by atoms with E-state index in [0.29, 0.717) is 18.3 Å². The minimum absolute atomic E-state index is 0.219. The van der Waals surface area contributed by atoms with E-state index in [1.807, 2.05) is 20.8 Å². The molecule has 0 aliphatic carbocycles. The number of rotatable bonds is 3. The number of hydrogen-bond acceptors (Lipinski definition) is 3. The van der Waals surface area contributed by atoms with Crippen molar-refractivity contribution in [1.82, 2.24) is 4.90 Å². The van der Waals surface area contributed by atoms with Crippen LogP contribution >= 0.6 is 0 Å². The highest BCUT2D eigenvalue weighted by molar-refractivity contribution is 5.68. The maximum Gasteiger partial charge on any atom is 0.410 e. The smallest absolute Gasteiger partial charge is 0.410 e. The Bertz CT molecular complexity index is 296. The fourth-order valence-electron chi connectivity index (χ4n) is 2.40. The predicted molar refractivity (Wildman–Crippen MR) is 70.4 cm³/mol. The minimum atomic E-state index is -0.436. The van der Waals surface area contributed by atoms with Crippen molar-refractivity contribution in [2.24, 2.45) is 11.8 Å². The molecule has 0 N–H and O–H groups in total. The van der Waals surface area contributed by atoms with Gasteiger partial charge in [0.05, 0.1) is 0 Å². The van der Waals surface area contributed by atoms with Crippen LogP contribution in [0.4, 0.5) is 4.79 Å². The van der Waals surface area contributed by atoms with Gasteiger partial charge in [0.1, 0.15) is 11.9 Å². The molecule has 0 radical (unpaired) electrons. The van der Waals surface area contributed by atoms with E-state index in [1.54, 1.807) is 4.90 Å². The van der Waals surface area contributed by atoms with Crippen molar-refractivity contribution < 1.29 is 14.3 Å². The highest BCUT2D eigenvalue weighted by Crippen LogP contribution is 2.27. The van der Waals surface area contributed by atoms with E-state index >= 15 is 0 Å². The molecule has 1 aliphatic rings.